The van der Waals surface area contributed by atoms with Gasteiger partial charge in [-0.15, -0.1) is 0 Å². The van der Waals surface area contributed by atoms with Crippen LogP contribution in [0.15, 0.2) is 53.8 Å². The van der Waals surface area contributed by atoms with Gasteiger partial charge in [-0.05, 0) is 11.6 Å². The summed E-state index contributed by atoms with van der Waals surface area (Å²) < 4.78 is 11.2. The van der Waals surface area contributed by atoms with Gasteiger partial charge in [-0.1, -0.05) is 42.0 Å². The first-order chi connectivity index (χ1) is 9.33. The summed E-state index contributed by atoms with van der Waals surface area (Å²) in [6, 6.07) is 12.2. The molecule has 2 rings (SSSR count). The first-order valence-electron chi connectivity index (χ1n) is 6.29. The first kappa shape index (κ1) is 13.4. The van der Waals surface area contributed by atoms with Crippen LogP contribution in [0.25, 0.3) is 0 Å². The highest BCUT2D eigenvalue weighted by Crippen LogP contribution is 2.25. The number of hydrogen-bond donors (Lipinski definition) is 0. The zero-order valence-electron chi connectivity index (χ0n) is 11.0. The van der Waals surface area contributed by atoms with E-state index in [2.05, 4.69) is 6.07 Å². The normalized spacial score (nSPS) is 18.2. The number of hydrogen-bond acceptors (Lipinski definition) is 3. The average molecular weight is 255 g/mol. The molecular formula is C16H17NO2. The van der Waals surface area contributed by atoms with Gasteiger partial charge in [0.1, 0.15) is 11.9 Å². The lowest BCUT2D eigenvalue weighted by molar-refractivity contribution is 0.0274. The SMILES string of the molecule is COC1=CC=C(CC#N)CC1OCc1ccccc1. The van der Waals surface area contributed by atoms with E-state index >= 15 is 0 Å². The molecule has 0 amide bonds. The van der Waals surface area contributed by atoms with Gasteiger partial charge < -0.3 is 9.47 Å². The van der Waals surface area contributed by atoms with Crippen molar-refractivity contribution in [2.24, 2.45) is 0 Å². The van der Waals surface area contributed by atoms with Crippen molar-refractivity contribution in [2.45, 2.75) is 25.6 Å². The minimum absolute atomic E-state index is 0.0986. The molecule has 0 heterocycles. The lowest BCUT2D eigenvalue weighted by Gasteiger charge is -2.23. The molecule has 3 heteroatoms. The Hall–Kier alpha value is -2.05. The Labute approximate surface area is 113 Å². The summed E-state index contributed by atoms with van der Waals surface area (Å²) in [5.41, 5.74) is 2.22. The van der Waals surface area contributed by atoms with E-state index in [4.69, 9.17) is 14.7 Å². The van der Waals surface area contributed by atoms with Crippen LogP contribution in [0.3, 0.4) is 0 Å². The van der Waals surface area contributed by atoms with E-state index in [1.165, 1.54) is 0 Å². The van der Waals surface area contributed by atoms with Crippen molar-refractivity contribution < 1.29 is 9.47 Å². The van der Waals surface area contributed by atoms with Crippen molar-refractivity contribution in [3.63, 3.8) is 0 Å². The number of methoxy groups -OCH3 is 1. The van der Waals surface area contributed by atoms with Crippen molar-refractivity contribution in [2.75, 3.05) is 7.11 Å². The third-order valence-corrected chi connectivity index (χ3v) is 3.08. The Morgan fingerprint density at radius 2 is 2.05 bits per heavy atom. The Kier molecular flexibility index (Phi) is 4.77. The van der Waals surface area contributed by atoms with Gasteiger partial charge >= 0.3 is 0 Å². The van der Waals surface area contributed by atoms with E-state index in [1.807, 2.05) is 42.5 Å². The number of rotatable bonds is 5. The predicted molar refractivity (Wildman–Crippen MR) is 73.0 cm³/mol. The smallest absolute Gasteiger partial charge is 0.125 e. The van der Waals surface area contributed by atoms with Crippen LogP contribution >= 0.6 is 0 Å². The lowest BCUT2D eigenvalue weighted by Crippen LogP contribution is -2.20. The molecule has 1 aliphatic carbocycles. The Bertz CT molecular complexity index is 511. The Balaban J connectivity index is 1.98. The first-order valence-corrected chi connectivity index (χ1v) is 6.29. The fraction of sp³-hybridized carbons (Fsp3) is 0.312. The molecule has 19 heavy (non-hydrogen) atoms. The summed E-state index contributed by atoms with van der Waals surface area (Å²) in [6.45, 7) is 0.548. The van der Waals surface area contributed by atoms with Crippen LogP contribution in [0.5, 0.6) is 0 Å². The molecule has 0 fully saturated rings. The summed E-state index contributed by atoms with van der Waals surface area (Å²) in [6.07, 6.45) is 4.91. The third kappa shape index (κ3) is 3.70. The lowest BCUT2D eigenvalue weighted by atomic mass is 9.99. The van der Waals surface area contributed by atoms with Crippen LogP contribution in [0, 0.1) is 11.3 Å². The summed E-state index contributed by atoms with van der Waals surface area (Å²) in [7, 11) is 1.65. The molecule has 3 nitrogen and oxygen atoms in total. The molecular weight excluding hydrogens is 238 g/mol. The fourth-order valence-corrected chi connectivity index (χ4v) is 2.06. The van der Waals surface area contributed by atoms with Crippen molar-refractivity contribution in [3.8, 4) is 6.07 Å². The number of benzene rings is 1. The second kappa shape index (κ2) is 6.77. The molecule has 0 saturated carbocycles. The Morgan fingerprint density at radius 1 is 1.26 bits per heavy atom. The van der Waals surface area contributed by atoms with E-state index in [0.717, 1.165) is 23.3 Å². The zero-order chi connectivity index (χ0) is 13.5. The van der Waals surface area contributed by atoms with Crippen LogP contribution in [-0.4, -0.2) is 13.2 Å². The molecule has 0 N–H and O–H groups in total. The van der Waals surface area contributed by atoms with Gasteiger partial charge in [0.25, 0.3) is 0 Å². The van der Waals surface area contributed by atoms with Gasteiger partial charge in [-0.3, -0.25) is 0 Å². The van der Waals surface area contributed by atoms with E-state index < -0.39 is 0 Å². The molecule has 1 unspecified atom stereocenters. The van der Waals surface area contributed by atoms with Crippen molar-refractivity contribution in [1.82, 2.24) is 0 Å². The van der Waals surface area contributed by atoms with Crippen LogP contribution < -0.4 is 0 Å². The summed E-state index contributed by atoms with van der Waals surface area (Å²) in [4.78, 5) is 0. The summed E-state index contributed by atoms with van der Waals surface area (Å²) >= 11 is 0. The molecule has 0 spiro atoms. The summed E-state index contributed by atoms with van der Waals surface area (Å²) in [5.74, 6) is 0.817. The van der Waals surface area contributed by atoms with Crippen LogP contribution in [0.1, 0.15) is 18.4 Å². The highest BCUT2D eigenvalue weighted by atomic mass is 16.5. The average Bonchev–Trinajstić information content (AvgIpc) is 2.47. The van der Waals surface area contributed by atoms with Gasteiger partial charge in [0.05, 0.1) is 26.2 Å². The second-order valence-electron chi connectivity index (χ2n) is 4.42. The minimum atomic E-state index is -0.0986. The molecule has 1 aliphatic rings. The highest BCUT2D eigenvalue weighted by molar-refractivity contribution is 5.26. The zero-order valence-corrected chi connectivity index (χ0v) is 11.0. The minimum Gasteiger partial charge on any atom is -0.498 e. The van der Waals surface area contributed by atoms with Gasteiger partial charge in [0, 0.05) is 6.42 Å². The van der Waals surface area contributed by atoms with E-state index in [0.29, 0.717) is 13.0 Å². The standard InChI is InChI=1S/C16H17NO2/c1-18-15-8-7-13(9-10-17)11-16(15)19-12-14-5-3-2-4-6-14/h2-8,16H,9,11-12H2,1H3. The van der Waals surface area contributed by atoms with Crippen molar-refractivity contribution in [1.29, 1.82) is 5.26 Å². The fourth-order valence-electron chi connectivity index (χ4n) is 2.06. The molecule has 0 aliphatic heterocycles. The highest BCUT2D eigenvalue weighted by Gasteiger charge is 2.20. The third-order valence-electron chi connectivity index (χ3n) is 3.08. The summed E-state index contributed by atoms with van der Waals surface area (Å²) in [5, 5.41) is 8.75. The molecule has 98 valence electrons. The maximum atomic E-state index is 8.75. The van der Waals surface area contributed by atoms with Gasteiger partial charge in [0.15, 0.2) is 0 Å². The van der Waals surface area contributed by atoms with Gasteiger partial charge in [-0.2, -0.15) is 5.26 Å². The molecule has 1 aromatic rings. The predicted octanol–water partition coefficient (Wildman–Crippen LogP) is 3.35. The Morgan fingerprint density at radius 3 is 2.74 bits per heavy atom. The molecule has 0 bridgehead atoms. The van der Waals surface area contributed by atoms with E-state index in [-0.39, 0.29) is 6.10 Å². The van der Waals surface area contributed by atoms with E-state index in [1.54, 1.807) is 7.11 Å². The number of allylic oxidation sites excluding steroid dienone is 2. The van der Waals surface area contributed by atoms with Crippen LogP contribution in [0.2, 0.25) is 0 Å². The molecule has 1 aromatic carbocycles. The van der Waals surface area contributed by atoms with Gasteiger partial charge in [-0.25, -0.2) is 0 Å². The maximum absolute atomic E-state index is 8.75. The largest absolute Gasteiger partial charge is 0.498 e. The van der Waals surface area contributed by atoms with E-state index in [9.17, 15) is 0 Å². The number of nitriles is 1. The van der Waals surface area contributed by atoms with Crippen molar-refractivity contribution in [3.05, 3.63) is 59.4 Å². The second-order valence-corrected chi connectivity index (χ2v) is 4.42. The molecule has 0 radical (unpaired) electrons. The quantitative estimate of drug-likeness (QED) is 0.810. The number of ether oxygens (including phenoxy) is 2. The number of nitrogens with zero attached hydrogens (tertiary/aromatic N) is 1. The van der Waals surface area contributed by atoms with Gasteiger partial charge in [0.2, 0.25) is 0 Å². The molecule has 0 aromatic heterocycles. The molecule has 0 saturated heterocycles. The van der Waals surface area contributed by atoms with Crippen LogP contribution in [0.4, 0.5) is 0 Å². The molecule has 1 atom stereocenters. The maximum Gasteiger partial charge on any atom is 0.125 e. The van der Waals surface area contributed by atoms with Crippen LogP contribution in [-0.2, 0) is 16.1 Å². The topological polar surface area (TPSA) is 42.2 Å². The van der Waals surface area contributed by atoms with Crippen molar-refractivity contribution >= 4 is 0 Å². The monoisotopic (exact) mass is 255 g/mol.